The van der Waals surface area contributed by atoms with Gasteiger partial charge < -0.3 is 5.11 Å². The second kappa shape index (κ2) is 3.74. The van der Waals surface area contributed by atoms with E-state index in [2.05, 4.69) is 39.5 Å². The Bertz CT molecular complexity index is 305. The molecule has 0 heterocycles. The van der Waals surface area contributed by atoms with Crippen molar-refractivity contribution in [3.8, 4) is 0 Å². The molecule has 0 saturated carbocycles. The van der Waals surface area contributed by atoms with Crippen LogP contribution in [0.1, 0.15) is 34.1 Å². The molecule has 0 bridgehead atoms. The lowest BCUT2D eigenvalue weighted by molar-refractivity contribution is 0.210. The first kappa shape index (κ1) is 11.3. The number of hydrogen-bond acceptors (Lipinski definition) is 1. The molecule has 1 aliphatic rings. The van der Waals surface area contributed by atoms with Crippen LogP contribution < -0.4 is 0 Å². The number of rotatable bonds is 2. The first-order valence-electron chi connectivity index (χ1n) is 5.07. The molecule has 0 radical (unpaired) electrons. The number of aliphatic hydroxyl groups excluding tert-OH is 1. The Morgan fingerprint density at radius 2 is 2.14 bits per heavy atom. The van der Waals surface area contributed by atoms with E-state index in [4.69, 9.17) is 0 Å². The van der Waals surface area contributed by atoms with Crippen LogP contribution in [0.5, 0.6) is 0 Å². The van der Waals surface area contributed by atoms with Gasteiger partial charge in [-0.1, -0.05) is 32.6 Å². The highest BCUT2D eigenvalue weighted by atomic mass is 16.3. The molecule has 1 aliphatic carbocycles. The van der Waals surface area contributed by atoms with Gasteiger partial charge in [-0.3, -0.25) is 0 Å². The van der Waals surface area contributed by atoms with E-state index in [-0.39, 0.29) is 5.41 Å². The highest BCUT2D eigenvalue weighted by Gasteiger charge is 2.30. The summed E-state index contributed by atoms with van der Waals surface area (Å²) in [5.41, 5.74) is 3.17. The summed E-state index contributed by atoms with van der Waals surface area (Å²) in [5.74, 6) is 0. The zero-order chi connectivity index (χ0) is 10.9. The van der Waals surface area contributed by atoms with Gasteiger partial charge >= 0.3 is 0 Å². The van der Waals surface area contributed by atoms with Crippen molar-refractivity contribution in [3.63, 3.8) is 0 Å². The molecule has 1 nitrogen and oxygen atoms in total. The molecule has 14 heavy (non-hydrogen) atoms. The summed E-state index contributed by atoms with van der Waals surface area (Å²) in [7, 11) is 0. The summed E-state index contributed by atoms with van der Waals surface area (Å²) >= 11 is 0. The molecular formula is C13H20O. The Labute approximate surface area is 86.8 Å². The minimum atomic E-state index is -0.491. The number of hydrogen-bond donors (Lipinski definition) is 1. The molecule has 0 spiro atoms. The molecule has 1 unspecified atom stereocenters. The van der Waals surface area contributed by atoms with Crippen molar-refractivity contribution >= 4 is 0 Å². The standard InChI is InChI=1S/C13H20O/c1-9(2)12(14)11-10(3)7-6-8-13(11,4)5/h6-7,12,14H,1,8H2,2-5H3. The van der Waals surface area contributed by atoms with Crippen LogP contribution in [0.4, 0.5) is 0 Å². The quantitative estimate of drug-likeness (QED) is 0.666. The monoisotopic (exact) mass is 192 g/mol. The summed E-state index contributed by atoms with van der Waals surface area (Å²) in [4.78, 5) is 0. The zero-order valence-electron chi connectivity index (χ0n) is 9.59. The van der Waals surface area contributed by atoms with E-state index >= 15 is 0 Å². The fourth-order valence-electron chi connectivity index (χ4n) is 2.10. The van der Waals surface area contributed by atoms with Crippen LogP contribution in [0, 0.1) is 5.41 Å². The van der Waals surface area contributed by atoms with Crippen LogP contribution in [0.2, 0.25) is 0 Å². The Balaban J connectivity index is 3.14. The zero-order valence-corrected chi connectivity index (χ0v) is 9.59. The van der Waals surface area contributed by atoms with Crippen LogP contribution in [0.3, 0.4) is 0 Å². The smallest absolute Gasteiger partial charge is 0.0966 e. The number of allylic oxidation sites excluding steroid dienone is 3. The number of aliphatic hydroxyl groups is 1. The fourth-order valence-corrected chi connectivity index (χ4v) is 2.10. The van der Waals surface area contributed by atoms with E-state index in [0.29, 0.717) is 0 Å². The SMILES string of the molecule is C=C(C)C(O)C1=C(C)C=CCC1(C)C. The lowest BCUT2D eigenvalue weighted by Crippen LogP contribution is -2.28. The van der Waals surface area contributed by atoms with Crippen molar-refractivity contribution in [2.45, 2.75) is 40.2 Å². The molecule has 0 saturated heterocycles. The van der Waals surface area contributed by atoms with E-state index in [1.54, 1.807) is 0 Å². The summed E-state index contributed by atoms with van der Waals surface area (Å²) in [6.07, 6.45) is 4.76. The highest BCUT2D eigenvalue weighted by Crippen LogP contribution is 2.39. The first-order valence-corrected chi connectivity index (χ1v) is 5.07. The van der Waals surface area contributed by atoms with Crippen LogP contribution in [-0.2, 0) is 0 Å². The van der Waals surface area contributed by atoms with Crippen LogP contribution in [0.15, 0.2) is 35.5 Å². The van der Waals surface area contributed by atoms with Gasteiger partial charge in [0.1, 0.15) is 0 Å². The van der Waals surface area contributed by atoms with Gasteiger partial charge in [0.15, 0.2) is 0 Å². The minimum absolute atomic E-state index is 0.0528. The third kappa shape index (κ3) is 1.98. The summed E-state index contributed by atoms with van der Waals surface area (Å²) in [5, 5.41) is 10.1. The first-order chi connectivity index (χ1) is 6.36. The van der Waals surface area contributed by atoms with Gasteiger partial charge in [-0.2, -0.15) is 0 Å². The average molecular weight is 192 g/mol. The van der Waals surface area contributed by atoms with E-state index in [1.165, 1.54) is 5.57 Å². The molecule has 1 atom stereocenters. The summed E-state index contributed by atoms with van der Waals surface area (Å²) in [6, 6.07) is 0. The molecule has 0 aromatic heterocycles. The second-order valence-corrected chi connectivity index (χ2v) is 4.84. The summed E-state index contributed by atoms with van der Waals surface area (Å²) < 4.78 is 0. The molecule has 0 aliphatic heterocycles. The fraction of sp³-hybridized carbons (Fsp3) is 0.538. The van der Waals surface area contributed by atoms with Crippen LogP contribution >= 0.6 is 0 Å². The van der Waals surface area contributed by atoms with Crippen LogP contribution in [0.25, 0.3) is 0 Å². The Hall–Kier alpha value is -0.820. The largest absolute Gasteiger partial charge is 0.384 e. The van der Waals surface area contributed by atoms with Gasteiger partial charge in [-0.15, -0.1) is 0 Å². The van der Waals surface area contributed by atoms with E-state index in [1.807, 2.05) is 6.92 Å². The molecule has 1 rings (SSSR count). The Morgan fingerprint density at radius 1 is 1.57 bits per heavy atom. The van der Waals surface area contributed by atoms with Crippen molar-refractivity contribution < 1.29 is 5.11 Å². The molecular weight excluding hydrogens is 172 g/mol. The predicted molar refractivity (Wildman–Crippen MR) is 61.1 cm³/mol. The molecule has 0 aromatic carbocycles. The molecule has 0 amide bonds. The Morgan fingerprint density at radius 3 is 2.57 bits per heavy atom. The van der Waals surface area contributed by atoms with Gasteiger partial charge in [0.2, 0.25) is 0 Å². The van der Waals surface area contributed by atoms with Crippen molar-refractivity contribution in [3.05, 3.63) is 35.5 Å². The second-order valence-electron chi connectivity index (χ2n) is 4.84. The maximum absolute atomic E-state index is 10.1. The molecule has 0 fully saturated rings. The van der Waals surface area contributed by atoms with Gasteiger partial charge in [-0.25, -0.2) is 0 Å². The van der Waals surface area contributed by atoms with Crippen molar-refractivity contribution in [2.75, 3.05) is 0 Å². The minimum Gasteiger partial charge on any atom is -0.384 e. The predicted octanol–water partition coefficient (Wildman–Crippen LogP) is 3.23. The lowest BCUT2D eigenvalue weighted by Gasteiger charge is -2.34. The van der Waals surface area contributed by atoms with E-state index < -0.39 is 6.10 Å². The third-order valence-corrected chi connectivity index (χ3v) is 2.89. The lowest BCUT2D eigenvalue weighted by atomic mass is 9.72. The van der Waals surface area contributed by atoms with E-state index in [9.17, 15) is 5.11 Å². The van der Waals surface area contributed by atoms with Gasteiger partial charge in [0.05, 0.1) is 6.10 Å². The normalized spacial score (nSPS) is 22.4. The van der Waals surface area contributed by atoms with Crippen molar-refractivity contribution in [1.82, 2.24) is 0 Å². The molecule has 78 valence electrons. The van der Waals surface area contributed by atoms with E-state index in [0.717, 1.165) is 17.6 Å². The van der Waals surface area contributed by atoms with Gasteiger partial charge in [0, 0.05) is 0 Å². The van der Waals surface area contributed by atoms with Gasteiger partial charge in [-0.05, 0) is 42.4 Å². The molecule has 1 heteroatoms. The Kier molecular flexibility index (Phi) is 3.01. The summed E-state index contributed by atoms with van der Waals surface area (Å²) in [6.45, 7) is 12.1. The van der Waals surface area contributed by atoms with Crippen LogP contribution in [-0.4, -0.2) is 11.2 Å². The maximum Gasteiger partial charge on any atom is 0.0966 e. The average Bonchev–Trinajstić information content (AvgIpc) is 2.01. The third-order valence-electron chi connectivity index (χ3n) is 2.89. The highest BCUT2D eigenvalue weighted by molar-refractivity contribution is 5.38. The molecule has 0 aromatic rings. The van der Waals surface area contributed by atoms with Crippen molar-refractivity contribution in [1.29, 1.82) is 0 Å². The topological polar surface area (TPSA) is 20.2 Å². The van der Waals surface area contributed by atoms with Crippen molar-refractivity contribution in [2.24, 2.45) is 5.41 Å². The molecule has 1 N–H and O–H groups in total. The maximum atomic E-state index is 10.1. The van der Waals surface area contributed by atoms with Gasteiger partial charge in [0.25, 0.3) is 0 Å².